The van der Waals surface area contributed by atoms with E-state index in [2.05, 4.69) is 10.3 Å². The van der Waals surface area contributed by atoms with Crippen molar-refractivity contribution in [3.8, 4) is 0 Å². The molecule has 0 fully saturated rings. The monoisotopic (exact) mass is 255 g/mol. The first-order valence-corrected chi connectivity index (χ1v) is 5.56. The molecule has 0 aliphatic rings. The topological polar surface area (TPSA) is 97.5 Å². The Hall–Kier alpha value is -1.73. The third kappa shape index (κ3) is 3.94. The van der Waals surface area contributed by atoms with E-state index in [1.54, 1.807) is 20.1 Å². The third-order valence-corrected chi connectivity index (χ3v) is 2.45. The fourth-order valence-electron chi connectivity index (χ4n) is 1.59. The second kappa shape index (κ2) is 6.87. The highest BCUT2D eigenvalue weighted by Gasteiger charge is 2.14. The van der Waals surface area contributed by atoms with Crippen LogP contribution in [0.25, 0.3) is 0 Å². The predicted octanol–water partition coefficient (Wildman–Crippen LogP) is 1.11. The number of aromatic nitrogens is 1. The van der Waals surface area contributed by atoms with Crippen molar-refractivity contribution in [3.05, 3.63) is 27.9 Å². The highest BCUT2D eigenvalue weighted by atomic mass is 16.6. The summed E-state index contributed by atoms with van der Waals surface area (Å²) >= 11 is 0. The van der Waals surface area contributed by atoms with Gasteiger partial charge in [0.05, 0.1) is 17.6 Å². The molecule has 1 atom stereocenters. The van der Waals surface area contributed by atoms with E-state index < -0.39 is 4.92 Å². The van der Waals surface area contributed by atoms with Gasteiger partial charge in [-0.05, 0) is 19.4 Å². The Bertz CT molecular complexity index is 405. The van der Waals surface area contributed by atoms with Crippen molar-refractivity contribution >= 4 is 11.5 Å². The Kier molecular flexibility index (Phi) is 5.47. The molecule has 0 spiro atoms. The lowest BCUT2D eigenvalue weighted by Gasteiger charge is -2.17. The molecule has 1 unspecified atom stereocenters. The third-order valence-electron chi connectivity index (χ3n) is 2.45. The zero-order chi connectivity index (χ0) is 13.5. The van der Waals surface area contributed by atoms with E-state index in [0.717, 1.165) is 0 Å². The van der Waals surface area contributed by atoms with Gasteiger partial charge in [-0.3, -0.25) is 10.1 Å². The number of anilines is 1. The molecular weight excluding hydrogens is 238 g/mol. The molecule has 100 valence electrons. The van der Waals surface area contributed by atoms with Crippen molar-refractivity contribution < 1.29 is 14.8 Å². The maximum absolute atomic E-state index is 10.7. The van der Waals surface area contributed by atoms with Gasteiger partial charge in [-0.15, -0.1) is 0 Å². The highest BCUT2D eigenvalue weighted by molar-refractivity contribution is 5.45. The quantitative estimate of drug-likeness (QED) is 0.559. The molecule has 0 aromatic carbocycles. The summed E-state index contributed by atoms with van der Waals surface area (Å²) in [4.78, 5) is 14.3. The van der Waals surface area contributed by atoms with Crippen molar-refractivity contribution in [1.82, 2.24) is 4.98 Å². The molecular formula is C11H17N3O4. The number of aryl methyl sites for hydroxylation is 1. The normalized spacial score (nSPS) is 12.2. The van der Waals surface area contributed by atoms with Gasteiger partial charge in [0.2, 0.25) is 0 Å². The average molecular weight is 255 g/mol. The minimum absolute atomic E-state index is 0.00833. The van der Waals surface area contributed by atoms with Crippen molar-refractivity contribution in [1.29, 1.82) is 0 Å². The van der Waals surface area contributed by atoms with Gasteiger partial charge in [-0.1, -0.05) is 0 Å². The lowest BCUT2D eigenvalue weighted by Crippen LogP contribution is -2.26. The second-order valence-electron chi connectivity index (χ2n) is 3.87. The smallest absolute Gasteiger partial charge is 0.290 e. The fourth-order valence-corrected chi connectivity index (χ4v) is 1.59. The summed E-state index contributed by atoms with van der Waals surface area (Å²) in [5, 5.41) is 22.6. The zero-order valence-electron chi connectivity index (χ0n) is 10.4. The highest BCUT2D eigenvalue weighted by Crippen LogP contribution is 2.18. The molecule has 0 aliphatic heterocycles. The van der Waals surface area contributed by atoms with Crippen LogP contribution in [-0.4, -0.2) is 41.4 Å². The average Bonchev–Trinajstić information content (AvgIpc) is 2.29. The van der Waals surface area contributed by atoms with Gasteiger partial charge in [0.25, 0.3) is 5.69 Å². The first-order valence-electron chi connectivity index (χ1n) is 5.56. The molecule has 1 heterocycles. The minimum atomic E-state index is -0.466. The zero-order valence-corrected chi connectivity index (χ0v) is 10.4. The molecule has 0 bridgehead atoms. The second-order valence-corrected chi connectivity index (χ2v) is 3.87. The van der Waals surface area contributed by atoms with Crippen molar-refractivity contribution in [3.63, 3.8) is 0 Å². The maximum atomic E-state index is 10.7. The summed E-state index contributed by atoms with van der Waals surface area (Å²) < 4.78 is 5.01. The van der Waals surface area contributed by atoms with Gasteiger partial charge < -0.3 is 15.2 Å². The lowest BCUT2D eigenvalue weighted by atomic mass is 10.2. The largest absolute Gasteiger partial charge is 0.396 e. The Balaban J connectivity index is 2.77. The van der Waals surface area contributed by atoms with Gasteiger partial charge in [-0.2, -0.15) is 0 Å². The minimum Gasteiger partial charge on any atom is -0.396 e. The molecule has 7 nitrogen and oxygen atoms in total. The molecule has 1 aromatic rings. The number of hydrogen-bond donors (Lipinski definition) is 2. The van der Waals surface area contributed by atoms with Crippen molar-refractivity contribution in [2.24, 2.45) is 0 Å². The molecule has 0 saturated carbocycles. The van der Waals surface area contributed by atoms with Crippen LogP contribution in [0.1, 0.15) is 12.1 Å². The number of aliphatic hydroxyl groups is 1. The number of nitrogens with zero attached hydrogens (tertiary/aromatic N) is 2. The van der Waals surface area contributed by atoms with Crippen LogP contribution in [0, 0.1) is 17.0 Å². The molecule has 18 heavy (non-hydrogen) atoms. The first-order chi connectivity index (χ1) is 8.58. The van der Waals surface area contributed by atoms with Crippen LogP contribution in [0.5, 0.6) is 0 Å². The van der Waals surface area contributed by atoms with E-state index in [0.29, 0.717) is 24.5 Å². The van der Waals surface area contributed by atoms with Crippen LogP contribution in [-0.2, 0) is 4.74 Å². The molecule has 0 amide bonds. The van der Waals surface area contributed by atoms with E-state index in [1.807, 2.05) is 0 Å². The maximum Gasteiger partial charge on any atom is 0.290 e. The fraction of sp³-hybridized carbons (Fsp3) is 0.545. The summed E-state index contributed by atoms with van der Waals surface area (Å²) in [6.07, 6.45) is 0.519. The van der Waals surface area contributed by atoms with E-state index in [9.17, 15) is 10.1 Å². The number of rotatable bonds is 7. The number of pyridine rings is 1. The standard InChI is InChI=1S/C11H17N3O4/c1-8-10(14(16)17)3-4-11(12-8)13-9(5-6-15)7-18-2/h3-4,9,15H,5-7H2,1-2H3,(H,12,13). The van der Waals surface area contributed by atoms with Crippen LogP contribution in [0.2, 0.25) is 0 Å². The molecule has 1 rings (SSSR count). The van der Waals surface area contributed by atoms with Crippen LogP contribution in [0.4, 0.5) is 11.5 Å². The number of hydrogen-bond acceptors (Lipinski definition) is 6. The Labute approximate surface area is 105 Å². The summed E-state index contributed by atoms with van der Waals surface area (Å²) in [6, 6.07) is 2.88. The number of nitrogens with one attached hydrogen (secondary N) is 1. The molecule has 0 radical (unpaired) electrons. The lowest BCUT2D eigenvalue weighted by molar-refractivity contribution is -0.385. The van der Waals surface area contributed by atoms with Crippen LogP contribution < -0.4 is 5.32 Å². The Morgan fingerprint density at radius 2 is 2.33 bits per heavy atom. The Morgan fingerprint density at radius 3 is 2.83 bits per heavy atom. The molecule has 1 aromatic heterocycles. The first kappa shape index (κ1) is 14.3. The van der Waals surface area contributed by atoms with Gasteiger partial charge in [-0.25, -0.2) is 4.98 Å². The molecule has 0 aliphatic carbocycles. The summed E-state index contributed by atoms with van der Waals surface area (Å²) in [5.74, 6) is 0.536. The molecule has 7 heteroatoms. The summed E-state index contributed by atoms with van der Waals surface area (Å²) in [6.45, 7) is 2.05. The summed E-state index contributed by atoms with van der Waals surface area (Å²) in [7, 11) is 1.57. The van der Waals surface area contributed by atoms with E-state index in [4.69, 9.17) is 9.84 Å². The predicted molar refractivity (Wildman–Crippen MR) is 66.6 cm³/mol. The van der Waals surface area contributed by atoms with Gasteiger partial charge in [0, 0.05) is 19.8 Å². The molecule has 0 saturated heterocycles. The summed E-state index contributed by atoms with van der Waals surface area (Å²) in [5.41, 5.74) is 0.344. The number of methoxy groups -OCH3 is 1. The van der Waals surface area contributed by atoms with Crippen LogP contribution in [0.15, 0.2) is 12.1 Å². The Morgan fingerprint density at radius 1 is 1.61 bits per heavy atom. The molecule has 2 N–H and O–H groups in total. The van der Waals surface area contributed by atoms with Gasteiger partial charge >= 0.3 is 0 Å². The van der Waals surface area contributed by atoms with E-state index >= 15 is 0 Å². The van der Waals surface area contributed by atoms with E-state index in [1.165, 1.54) is 6.07 Å². The number of aliphatic hydroxyl groups excluding tert-OH is 1. The van der Waals surface area contributed by atoms with E-state index in [-0.39, 0.29) is 18.3 Å². The number of ether oxygens (including phenoxy) is 1. The van der Waals surface area contributed by atoms with Crippen LogP contribution in [0.3, 0.4) is 0 Å². The van der Waals surface area contributed by atoms with Gasteiger partial charge in [0.1, 0.15) is 11.5 Å². The van der Waals surface area contributed by atoms with Crippen molar-refractivity contribution in [2.45, 2.75) is 19.4 Å². The SMILES string of the molecule is COCC(CCO)Nc1ccc([N+](=O)[O-])c(C)n1. The number of nitro groups is 1. The van der Waals surface area contributed by atoms with Gasteiger partial charge in [0.15, 0.2) is 0 Å². The van der Waals surface area contributed by atoms with Crippen molar-refractivity contribution in [2.75, 3.05) is 25.6 Å². The van der Waals surface area contributed by atoms with Crippen LogP contribution >= 0.6 is 0 Å².